The lowest BCUT2D eigenvalue weighted by Crippen LogP contribution is -2.29. The highest BCUT2D eigenvalue weighted by atomic mass is 79.9. The van der Waals surface area contributed by atoms with Crippen LogP contribution >= 0.6 is 15.9 Å². The van der Waals surface area contributed by atoms with Gasteiger partial charge in [-0.2, -0.15) is 5.10 Å². The molecule has 0 amide bonds. The van der Waals surface area contributed by atoms with E-state index in [0.717, 1.165) is 18.8 Å². The summed E-state index contributed by atoms with van der Waals surface area (Å²) in [5.41, 5.74) is 0.661. The lowest BCUT2D eigenvalue weighted by Gasteiger charge is -2.21. The van der Waals surface area contributed by atoms with Gasteiger partial charge in [0, 0.05) is 20.1 Å². The topological polar surface area (TPSA) is 50.2 Å². The van der Waals surface area contributed by atoms with Crippen LogP contribution in [-0.2, 0) is 7.05 Å². The van der Waals surface area contributed by atoms with Gasteiger partial charge in [-0.25, -0.2) is 4.68 Å². The van der Waals surface area contributed by atoms with Crippen LogP contribution in [0.4, 0.5) is 5.69 Å². The molecule has 0 spiro atoms. The molecule has 0 saturated carbocycles. The van der Waals surface area contributed by atoms with E-state index in [4.69, 9.17) is 0 Å². The average molecular weight is 329 g/mol. The number of rotatable bonds is 5. The maximum absolute atomic E-state index is 11.7. The van der Waals surface area contributed by atoms with Crippen LogP contribution in [0.5, 0.6) is 0 Å². The van der Waals surface area contributed by atoms with Crippen molar-refractivity contribution in [1.29, 1.82) is 0 Å². The summed E-state index contributed by atoms with van der Waals surface area (Å²) in [6, 6.07) is 0. The van der Waals surface area contributed by atoms with Gasteiger partial charge in [0.2, 0.25) is 0 Å². The first-order valence-electron chi connectivity index (χ1n) is 6.76. The zero-order chi connectivity index (χ0) is 13.8. The number of hydrogen-bond acceptors (Lipinski definition) is 4. The Bertz CT molecular complexity index is 482. The van der Waals surface area contributed by atoms with E-state index in [1.54, 1.807) is 13.2 Å². The Balaban J connectivity index is 1.88. The number of hydrogen-bond donors (Lipinski definition) is 1. The van der Waals surface area contributed by atoms with Gasteiger partial charge < -0.3 is 10.2 Å². The first-order valence-corrected chi connectivity index (χ1v) is 7.55. The fourth-order valence-corrected chi connectivity index (χ4v) is 2.89. The molecule has 1 aliphatic heterocycles. The van der Waals surface area contributed by atoms with Crippen molar-refractivity contribution in [1.82, 2.24) is 14.7 Å². The van der Waals surface area contributed by atoms with Crippen LogP contribution < -0.4 is 10.9 Å². The van der Waals surface area contributed by atoms with Crippen LogP contribution in [0.3, 0.4) is 0 Å². The minimum atomic E-state index is -0.114. The number of aromatic nitrogens is 2. The smallest absolute Gasteiger partial charge is 0.282 e. The molecule has 2 rings (SSSR count). The van der Waals surface area contributed by atoms with E-state index >= 15 is 0 Å². The van der Waals surface area contributed by atoms with Crippen molar-refractivity contribution < 1.29 is 0 Å². The lowest BCUT2D eigenvalue weighted by atomic mass is 10.1. The normalized spacial score (nSPS) is 17.6. The first kappa shape index (κ1) is 14.5. The van der Waals surface area contributed by atoms with Gasteiger partial charge in [0.1, 0.15) is 4.47 Å². The standard InChI is InChI=1S/C13H21BrN4O/c1-10(9-18-5-3-4-6-18)7-15-11-8-16-17(2)13(19)12(11)14/h8,10,15H,3-7,9H2,1-2H3. The Morgan fingerprint density at radius 2 is 2.16 bits per heavy atom. The van der Waals surface area contributed by atoms with Crippen LogP contribution in [0, 0.1) is 5.92 Å². The minimum Gasteiger partial charge on any atom is -0.382 e. The maximum atomic E-state index is 11.7. The molecule has 106 valence electrons. The molecule has 1 atom stereocenters. The van der Waals surface area contributed by atoms with Gasteiger partial charge in [-0.3, -0.25) is 4.79 Å². The second kappa shape index (κ2) is 6.52. The molecule has 1 aromatic heterocycles. The largest absolute Gasteiger partial charge is 0.382 e. The summed E-state index contributed by atoms with van der Waals surface area (Å²) in [6.07, 6.45) is 4.34. The van der Waals surface area contributed by atoms with Crippen LogP contribution in [0.15, 0.2) is 15.5 Å². The summed E-state index contributed by atoms with van der Waals surface area (Å²) in [4.78, 5) is 14.2. The molecule has 0 bridgehead atoms. The summed E-state index contributed by atoms with van der Waals surface area (Å²) in [7, 11) is 1.65. The van der Waals surface area contributed by atoms with Gasteiger partial charge in [-0.1, -0.05) is 6.92 Å². The van der Waals surface area contributed by atoms with Gasteiger partial charge in [0.05, 0.1) is 11.9 Å². The molecule has 19 heavy (non-hydrogen) atoms. The Kier molecular flexibility index (Phi) is 4.99. The third-order valence-electron chi connectivity index (χ3n) is 3.49. The van der Waals surface area contributed by atoms with Gasteiger partial charge >= 0.3 is 0 Å². The van der Waals surface area contributed by atoms with E-state index in [1.807, 2.05) is 0 Å². The fraction of sp³-hybridized carbons (Fsp3) is 0.692. The molecule has 0 aromatic carbocycles. The van der Waals surface area contributed by atoms with Crippen LogP contribution in [0.1, 0.15) is 19.8 Å². The SMILES string of the molecule is CC(CNc1cnn(C)c(=O)c1Br)CN1CCCC1. The fourth-order valence-electron chi connectivity index (χ4n) is 2.39. The molecule has 1 unspecified atom stereocenters. The highest BCUT2D eigenvalue weighted by Gasteiger charge is 2.15. The van der Waals surface area contributed by atoms with Crippen molar-refractivity contribution in [2.45, 2.75) is 19.8 Å². The molecule has 1 aliphatic rings. The van der Waals surface area contributed by atoms with E-state index < -0.39 is 0 Å². The molecule has 1 aromatic rings. The van der Waals surface area contributed by atoms with E-state index in [-0.39, 0.29) is 5.56 Å². The highest BCUT2D eigenvalue weighted by molar-refractivity contribution is 9.10. The Labute approximate surface area is 122 Å². The zero-order valence-corrected chi connectivity index (χ0v) is 13.1. The van der Waals surface area contributed by atoms with Gasteiger partial charge in [-0.15, -0.1) is 0 Å². The zero-order valence-electron chi connectivity index (χ0n) is 11.5. The molecule has 0 aliphatic carbocycles. The molecule has 1 N–H and O–H groups in total. The van der Waals surface area contributed by atoms with E-state index in [0.29, 0.717) is 10.4 Å². The number of nitrogens with zero attached hydrogens (tertiary/aromatic N) is 3. The number of nitrogens with one attached hydrogen (secondary N) is 1. The summed E-state index contributed by atoms with van der Waals surface area (Å²) in [5.74, 6) is 0.550. The number of aryl methyl sites for hydroxylation is 1. The number of halogens is 1. The van der Waals surface area contributed by atoms with E-state index in [2.05, 4.69) is 38.2 Å². The summed E-state index contributed by atoms with van der Waals surface area (Å²) >= 11 is 3.32. The summed E-state index contributed by atoms with van der Waals surface area (Å²) in [5, 5.41) is 7.33. The number of likely N-dealkylation sites (tertiary alicyclic amines) is 1. The monoisotopic (exact) mass is 328 g/mol. The quantitative estimate of drug-likeness (QED) is 0.893. The van der Waals surface area contributed by atoms with Crippen LogP contribution in [0.25, 0.3) is 0 Å². The lowest BCUT2D eigenvalue weighted by molar-refractivity contribution is 0.294. The predicted octanol–water partition coefficient (Wildman–Crippen LogP) is 1.69. The molecule has 5 nitrogen and oxygen atoms in total. The van der Waals surface area contributed by atoms with Crippen molar-refractivity contribution >= 4 is 21.6 Å². The van der Waals surface area contributed by atoms with Gasteiger partial charge in [0.25, 0.3) is 5.56 Å². The molecular formula is C13H21BrN4O. The van der Waals surface area contributed by atoms with Crippen LogP contribution in [0.2, 0.25) is 0 Å². The first-order chi connectivity index (χ1) is 9.08. The predicted molar refractivity (Wildman–Crippen MR) is 80.5 cm³/mol. The van der Waals surface area contributed by atoms with Crippen molar-refractivity contribution in [3.63, 3.8) is 0 Å². The second-order valence-electron chi connectivity index (χ2n) is 5.29. The van der Waals surface area contributed by atoms with Gasteiger partial charge in [-0.05, 0) is 47.8 Å². The Hall–Kier alpha value is -0.880. The molecular weight excluding hydrogens is 308 g/mol. The number of anilines is 1. The van der Waals surface area contributed by atoms with Gasteiger partial charge in [0.15, 0.2) is 0 Å². The van der Waals surface area contributed by atoms with Crippen molar-refractivity contribution in [3.05, 3.63) is 21.0 Å². The van der Waals surface area contributed by atoms with Crippen molar-refractivity contribution in [3.8, 4) is 0 Å². The molecule has 6 heteroatoms. The summed E-state index contributed by atoms with van der Waals surface area (Å²) in [6.45, 7) is 6.64. The summed E-state index contributed by atoms with van der Waals surface area (Å²) < 4.78 is 1.88. The van der Waals surface area contributed by atoms with E-state index in [1.165, 1.54) is 30.6 Å². The van der Waals surface area contributed by atoms with Crippen LogP contribution in [-0.4, -0.2) is 40.9 Å². The third-order valence-corrected chi connectivity index (χ3v) is 4.25. The van der Waals surface area contributed by atoms with Crippen molar-refractivity contribution in [2.75, 3.05) is 31.5 Å². The van der Waals surface area contributed by atoms with Crippen molar-refractivity contribution in [2.24, 2.45) is 13.0 Å². The Morgan fingerprint density at radius 1 is 1.47 bits per heavy atom. The average Bonchev–Trinajstić information content (AvgIpc) is 2.88. The molecule has 1 saturated heterocycles. The van der Waals surface area contributed by atoms with E-state index in [9.17, 15) is 4.79 Å². The molecule has 0 radical (unpaired) electrons. The highest BCUT2D eigenvalue weighted by Crippen LogP contribution is 2.17. The minimum absolute atomic E-state index is 0.114. The Morgan fingerprint density at radius 3 is 2.84 bits per heavy atom. The third kappa shape index (κ3) is 3.79. The second-order valence-corrected chi connectivity index (χ2v) is 6.09. The molecule has 2 heterocycles. The molecule has 1 fully saturated rings. The maximum Gasteiger partial charge on any atom is 0.282 e.